The normalized spacial score (nSPS) is 14.9. The molecule has 17 heavy (non-hydrogen) atoms. The van der Waals surface area contributed by atoms with Crippen LogP contribution in [0.15, 0.2) is 30.0 Å². The van der Waals surface area contributed by atoms with Crippen LogP contribution in [-0.4, -0.2) is 12.3 Å². The first-order chi connectivity index (χ1) is 8.15. The van der Waals surface area contributed by atoms with Crippen LogP contribution in [-0.2, 0) is 11.2 Å². The van der Waals surface area contributed by atoms with Crippen LogP contribution in [0.3, 0.4) is 0 Å². The van der Waals surface area contributed by atoms with E-state index in [0.717, 1.165) is 30.6 Å². The molecule has 1 aromatic rings. The molecule has 0 aromatic heterocycles. The van der Waals surface area contributed by atoms with Gasteiger partial charge in [-0.3, -0.25) is 4.79 Å². The summed E-state index contributed by atoms with van der Waals surface area (Å²) >= 11 is 11.9. The standard InChI is InChI=1S/C13H13Cl2NO/c14-10-2-1-9(13(15)7-10)5-6-16-11-3-4-12(17)8-11/h1-2,7-8,16H,3-6H2. The summed E-state index contributed by atoms with van der Waals surface area (Å²) in [5.41, 5.74) is 2.09. The molecule has 1 aliphatic rings. The van der Waals surface area contributed by atoms with E-state index in [1.807, 2.05) is 12.1 Å². The third-order valence-corrected chi connectivity index (χ3v) is 3.32. The van der Waals surface area contributed by atoms with Crippen molar-refractivity contribution in [2.45, 2.75) is 19.3 Å². The summed E-state index contributed by atoms with van der Waals surface area (Å²) in [5, 5.41) is 4.59. The van der Waals surface area contributed by atoms with Crippen LogP contribution in [0.4, 0.5) is 0 Å². The Bertz CT molecular complexity index is 468. The number of benzene rings is 1. The first-order valence-electron chi connectivity index (χ1n) is 5.56. The number of nitrogens with one attached hydrogen (secondary N) is 1. The monoisotopic (exact) mass is 269 g/mol. The quantitative estimate of drug-likeness (QED) is 0.908. The molecule has 90 valence electrons. The summed E-state index contributed by atoms with van der Waals surface area (Å²) in [6, 6.07) is 5.51. The Balaban J connectivity index is 1.86. The lowest BCUT2D eigenvalue weighted by atomic mass is 10.1. The van der Waals surface area contributed by atoms with E-state index in [2.05, 4.69) is 5.32 Å². The van der Waals surface area contributed by atoms with Crippen molar-refractivity contribution >= 4 is 29.0 Å². The third kappa shape index (κ3) is 3.48. The van der Waals surface area contributed by atoms with Gasteiger partial charge < -0.3 is 5.32 Å². The zero-order valence-electron chi connectivity index (χ0n) is 9.30. The van der Waals surface area contributed by atoms with Gasteiger partial charge in [-0.2, -0.15) is 0 Å². The largest absolute Gasteiger partial charge is 0.388 e. The van der Waals surface area contributed by atoms with Crippen molar-refractivity contribution in [3.8, 4) is 0 Å². The van der Waals surface area contributed by atoms with Crippen molar-refractivity contribution in [1.82, 2.24) is 5.32 Å². The van der Waals surface area contributed by atoms with Crippen molar-refractivity contribution in [3.05, 3.63) is 45.6 Å². The van der Waals surface area contributed by atoms with Crippen LogP contribution in [0.5, 0.6) is 0 Å². The van der Waals surface area contributed by atoms with Crippen LogP contribution in [0.1, 0.15) is 18.4 Å². The zero-order chi connectivity index (χ0) is 12.3. The Labute approximate surface area is 111 Å². The van der Waals surface area contributed by atoms with Crippen molar-refractivity contribution < 1.29 is 4.79 Å². The molecule has 2 nitrogen and oxygen atoms in total. The lowest BCUT2D eigenvalue weighted by Gasteiger charge is -2.08. The molecule has 0 radical (unpaired) electrons. The van der Waals surface area contributed by atoms with Gasteiger partial charge in [0, 0.05) is 34.8 Å². The highest BCUT2D eigenvalue weighted by molar-refractivity contribution is 6.35. The van der Waals surface area contributed by atoms with Crippen LogP contribution < -0.4 is 5.32 Å². The number of rotatable bonds is 4. The van der Waals surface area contributed by atoms with E-state index >= 15 is 0 Å². The Hall–Kier alpha value is -0.990. The molecule has 0 unspecified atom stereocenters. The van der Waals surface area contributed by atoms with Gasteiger partial charge in [-0.1, -0.05) is 29.3 Å². The topological polar surface area (TPSA) is 29.1 Å². The predicted octanol–water partition coefficient (Wildman–Crippen LogP) is 3.37. The van der Waals surface area contributed by atoms with Crippen molar-refractivity contribution in [1.29, 1.82) is 0 Å². The van der Waals surface area contributed by atoms with E-state index in [9.17, 15) is 4.79 Å². The Morgan fingerprint density at radius 1 is 1.24 bits per heavy atom. The fraction of sp³-hybridized carbons (Fsp3) is 0.308. The Morgan fingerprint density at radius 2 is 2.06 bits per heavy atom. The molecular formula is C13H13Cl2NO. The van der Waals surface area contributed by atoms with Gasteiger partial charge in [0.05, 0.1) is 0 Å². The second-order valence-electron chi connectivity index (χ2n) is 4.05. The first-order valence-corrected chi connectivity index (χ1v) is 6.32. The van der Waals surface area contributed by atoms with Gasteiger partial charge in [-0.15, -0.1) is 0 Å². The number of hydrogen-bond acceptors (Lipinski definition) is 2. The second kappa shape index (κ2) is 5.56. The van der Waals surface area contributed by atoms with Gasteiger partial charge in [-0.25, -0.2) is 0 Å². The molecule has 0 spiro atoms. The van der Waals surface area contributed by atoms with E-state index in [1.165, 1.54) is 0 Å². The van der Waals surface area contributed by atoms with E-state index in [0.29, 0.717) is 16.5 Å². The predicted molar refractivity (Wildman–Crippen MR) is 70.5 cm³/mol. The number of hydrogen-bond donors (Lipinski definition) is 1. The highest BCUT2D eigenvalue weighted by Gasteiger charge is 2.11. The minimum atomic E-state index is 0.206. The maximum Gasteiger partial charge on any atom is 0.157 e. The molecular weight excluding hydrogens is 257 g/mol. The zero-order valence-corrected chi connectivity index (χ0v) is 10.8. The number of carbonyl (C=O) groups is 1. The highest BCUT2D eigenvalue weighted by Crippen LogP contribution is 2.21. The minimum Gasteiger partial charge on any atom is -0.388 e. The Kier molecular flexibility index (Phi) is 4.08. The minimum absolute atomic E-state index is 0.206. The molecule has 1 N–H and O–H groups in total. The van der Waals surface area contributed by atoms with Gasteiger partial charge in [0.25, 0.3) is 0 Å². The van der Waals surface area contributed by atoms with Crippen LogP contribution >= 0.6 is 23.2 Å². The molecule has 0 fully saturated rings. The summed E-state index contributed by atoms with van der Waals surface area (Å²) in [5.74, 6) is 0.206. The summed E-state index contributed by atoms with van der Waals surface area (Å²) in [7, 11) is 0. The molecule has 0 saturated carbocycles. The number of allylic oxidation sites excluding steroid dienone is 2. The molecule has 0 amide bonds. The lowest BCUT2D eigenvalue weighted by Crippen LogP contribution is -2.15. The van der Waals surface area contributed by atoms with Gasteiger partial charge in [0.2, 0.25) is 0 Å². The van der Waals surface area contributed by atoms with E-state index in [1.54, 1.807) is 12.1 Å². The average molecular weight is 270 g/mol. The highest BCUT2D eigenvalue weighted by atomic mass is 35.5. The summed E-state index contributed by atoms with van der Waals surface area (Å²) in [6.07, 6.45) is 3.96. The van der Waals surface area contributed by atoms with Gasteiger partial charge in [-0.05, 0) is 30.5 Å². The Morgan fingerprint density at radius 3 is 2.71 bits per heavy atom. The second-order valence-corrected chi connectivity index (χ2v) is 4.89. The molecule has 0 saturated heterocycles. The smallest absolute Gasteiger partial charge is 0.157 e. The number of ketones is 1. The van der Waals surface area contributed by atoms with Crippen molar-refractivity contribution in [3.63, 3.8) is 0 Å². The first kappa shape index (κ1) is 12.5. The molecule has 1 aromatic carbocycles. The number of carbonyl (C=O) groups excluding carboxylic acids is 1. The molecule has 0 bridgehead atoms. The van der Waals surface area contributed by atoms with Crippen LogP contribution in [0.2, 0.25) is 10.0 Å². The number of halogens is 2. The van der Waals surface area contributed by atoms with Crippen LogP contribution in [0.25, 0.3) is 0 Å². The van der Waals surface area contributed by atoms with Crippen LogP contribution in [0, 0.1) is 0 Å². The lowest BCUT2D eigenvalue weighted by molar-refractivity contribution is -0.114. The molecule has 0 heterocycles. The molecule has 4 heteroatoms. The van der Waals surface area contributed by atoms with Crippen molar-refractivity contribution in [2.24, 2.45) is 0 Å². The van der Waals surface area contributed by atoms with E-state index in [-0.39, 0.29) is 5.78 Å². The summed E-state index contributed by atoms with van der Waals surface area (Å²) in [4.78, 5) is 11.0. The van der Waals surface area contributed by atoms with E-state index in [4.69, 9.17) is 23.2 Å². The summed E-state index contributed by atoms with van der Waals surface area (Å²) in [6.45, 7) is 0.778. The van der Waals surface area contributed by atoms with Gasteiger partial charge >= 0.3 is 0 Å². The SMILES string of the molecule is O=C1C=C(NCCc2ccc(Cl)cc2Cl)CC1. The fourth-order valence-electron chi connectivity index (χ4n) is 1.82. The molecule has 0 aliphatic heterocycles. The third-order valence-electron chi connectivity index (χ3n) is 2.74. The summed E-state index contributed by atoms with van der Waals surface area (Å²) < 4.78 is 0. The fourth-order valence-corrected chi connectivity index (χ4v) is 2.32. The molecule has 1 aliphatic carbocycles. The van der Waals surface area contributed by atoms with Gasteiger partial charge in [0.15, 0.2) is 5.78 Å². The average Bonchev–Trinajstić information content (AvgIpc) is 2.68. The van der Waals surface area contributed by atoms with E-state index < -0.39 is 0 Å². The van der Waals surface area contributed by atoms with Crippen molar-refractivity contribution in [2.75, 3.05) is 6.54 Å². The maximum atomic E-state index is 11.0. The maximum absolute atomic E-state index is 11.0. The molecule has 2 rings (SSSR count). The molecule has 0 atom stereocenters. The van der Waals surface area contributed by atoms with Gasteiger partial charge in [0.1, 0.15) is 0 Å².